The summed E-state index contributed by atoms with van der Waals surface area (Å²) in [4.78, 5) is 22.3. The highest BCUT2D eigenvalue weighted by Crippen LogP contribution is 2.19. The minimum Gasteiger partial charge on any atom is -0.383 e. The highest BCUT2D eigenvalue weighted by Gasteiger charge is 2.24. The zero-order chi connectivity index (χ0) is 22.3. The minimum atomic E-state index is -3.82. The van der Waals surface area contributed by atoms with Crippen LogP contribution in [0.5, 0.6) is 0 Å². The Morgan fingerprint density at radius 1 is 1.10 bits per heavy atom. The van der Waals surface area contributed by atoms with E-state index >= 15 is 0 Å². The fraction of sp³-hybridized carbons (Fsp3) is 0.316. The molecule has 2 aromatic carbocycles. The molecule has 0 aromatic heterocycles. The first kappa shape index (κ1) is 23.2. The number of non-ortho nitro benzene ring substituents is 1. The molecule has 2 rings (SSSR count). The summed E-state index contributed by atoms with van der Waals surface area (Å²) in [5, 5.41) is 16.1. The monoisotopic (exact) mass is 438 g/mol. The number of nitrogens with zero attached hydrogens (tertiary/aromatic N) is 2. The number of hydrogen-bond acceptors (Lipinski definition) is 6. The molecule has 0 fully saturated rings. The van der Waals surface area contributed by atoms with E-state index in [1.54, 1.807) is 13.8 Å². The molecule has 0 aliphatic rings. The zero-order valence-corrected chi connectivity index (χ0v) is 17.4. The fourth-order valence-electron chi connectivity index (χ4n) is 2.73. The lowest BCUT2D eigenvalue weighted by atomic mass is 10.2. The molecule has 0 bridgehead atoms. The number of amides is 1. The van der Waals surface area contributed by atoms with E-state index in [0.717, 1.165) is 18.2 Å². The molecule has 9 nitrogen and oxygen atoms in total. The first-order valence-electron chi connectivity index (χ1n) is 9.27. The van der Waals surface area contributed by atoms with Gasteiger partial charge in [0, 0.05) is 44.0 Å². The lowest BCUT2D eigenvalue weighted by molar-refractivity contribution is -0.384. The topological polar surface area (TPSA) is 122 Å². The Labute approximate surface area is 174 Å². The second kappa shape index (κ2) is 10.1. The van der Waals surface area contributed by atoms with Crippen molar-refractivity contribution in [2.24, 2.45) is 0 Å². The lowest BCUT2D eigenvalue weighted by Crippen LogP contribution is -2.32. The van der Waals surface area contributed by atoms with Gasteiger partial charge in [-0.3, -0.25) is 14.9 Å². The molecule has 11 heteroatoms. The van der Waals surface area contributed by atoms with Crippen LogP contribution < -0.4 is 10.6 Å². The van der Waals surface area contributed by atoms with Crippen LogP contribution in [0.2, 0.25) is 0 Å². The summed E-state index contributed by atoms with van der Waals surface area (Å²) in [5.74, 6) is -1.57. The van der Waals surface area contributed by atoms with Gasteiger partial charge < -0.3 is 10.6 Å². The van der Waals surface area contributed by atoms with Crippen molar-refractivity contribution in [3.05, 3.63) is 64.0 Å². The number of nitro benzene ring substituents is 1. The Bertz CT molecular complexity index is 1010. The third kappa shape index (κ3) is 5.51. The van der Waals surface area contributed by atoms with E-state index < -0.39 is 26.7 Å². The van der Waals surface area contributed by atoms with Crippen LogP contribution in [0.4, 0.5) is 15.8 Å². The Morgan fingerprint density at radius 3 is 2.30 bits per heavy atom. The maximum atomic E-state index is 14.1. The average molecular weight is 438 g/mol. The van der Waals surface area contributed by atoms with Crippen molar-refractivity contribution >= 4 is 27.3 Å². The van der Waals surface area contributed by atoms with Crippen LogP contribution in [-0.2, 0) is 10.0 Å². The molecule has 1 amide bonds. The minimum absolute atomic E-state index is 0.0381. The van der Waals surface area contributed by atoms with Crippen molar-refractivity contribution in [3.63, 3.8) is 0 Å². The van der Waals surface area contributed by atoms with Crippen molar-refractivity contribution in [2.75, 3.05) is 31.5 Å². The third-order valence-electron chi connectivity index (χ3n) is 4.34. The van der Waals surface area contributed by atoms with Gasteiger partial charge in [-0.1, -0.05) is 13.8 Å². The second-order valence-corrected chi connectivity index (χ2v) is 8.16. The maximum Gasteiger partial charge on any atom is 0.269 e. The van der Waals surface area contributed by atoms with Gasteiger partial charge in [0.25, 0.3) is 11.6 Å². The largest absolute Gasteiger partial charge is 0.383 e. The molecule has 0 spiro atoms. The summed E-state index contributed by atoms with van der Waals surface area (Å²) in [5.41, 5.74) is 0.218. The van der Waals surface area contributed by atoms with E-state index in [9.17, 15) is 27.7 Å². The molecule has 0 radical (unpaired) electrons. The molecule has 30 heavy (non-hydrogen) atoms. The lowest BCUT2D eigenvalue weighted by Gasteiger charge is -2.19. The summed E-state index contributed by atoms with van der Waals surface area (Å²) in [6, 6.07) is 8.87. The van der Waals surface area contributed by atoms with E-state index in [2.05, 4.69) is 10.6 Å². The second-order valence-electron chi connectivity index (χ2n) is 6.22. The molecule has 0 saturated carbocycles. The number of nitrogens with one attached hydrogen (secondary N) is 2. The van der Waals surface area contributed by atoms with E-state index in [1.165, 1.54) is 28.6 Å². The molecule has 0 unspecified atom stereocenters. The van der Waals surface area contributed by atoms with Crippen molar-refractivity contribution in [3.8, 4) is 0 Å². The van der Waals surface area contributed by atoms with Gasteiger partial charge in [0.2, 0.25) is 10.0 Å². The number of sulfonamides is 1. The Hall–Kier alpha value is -3.05. The van der Waals surface area contributed by atoms with E-state index in [1.807, 2.05) is 0 Å². The van der Waals surface area contributed by atoms with Crippen LogP contribution in [0.25, 0.3) is 0 Å². The summed E-state index contributed by atoms with van der Waals surface area (Å²) in [7, 11) is -3.82. The standard InChI is InChI=1S/C19H23FN4O5S/c1-3-23(4-2)30(28,29)16-9-10-18(20)17(13-16)19(25)22-12-11-21-14-5-7-15(8-6-14)24(26)27/h5-10,13,21H,3-4,11-12H2,1-2H3,(H,22,25). The van der Waals surface area contributed by atoms with Crippen LogP contribution in [0.3, 0.4) is 0 Å². The first-order valence-corrected chi connectivity index (χ1v) is 10.7. The zero-order valence-electron chi connectivity index (χ0n) is 16.6. The fourth-order valence-corrected chi connectivity index (χ4v) is 4.22. The Morgan fingerprint density at radius 2 is 1.73 bits per heavy atom. The van der Waals surface area contributed by atoms with Gasteiger partial charge in [-0.25, -0.2) is 12.8 Å². The van der Waals surface area contributed by atoms with E-state index in [4.69, 9.17) is 0 Å². The predicted octanol–water partition coefficient (Wildman–Crippen LogP) is 2.61. The van der Waals surface area contributed by atoms with Crippen LogP contribution in [-0.4, -0.2) is 49.7 Å². The average Bonchev–Trinajstić information content (AvgIpc) is 2.72. The van der Waals surface area contributed by atoms with Gasteiger partial charge in [-0.15, -0.1) is 0 Å². The van der Waals surface area contributed by atoms with Crippen LogP contribution in [0, 0.1) is 15.9 Å². The predicted molar refractivity (Wildman–Crippen MR) is 110 cm³/mol. The SMILES string of the molecule is CCN(CC)S(=O)(=O)c1ccc(F)c(C(=O)NCCNc2ccc([N+](=O)[O-])cc2)c1. The number of carbonyl (C=O) groups is 1. The first-order chi connectivity index (χ1) is 14.2. The van der Waals surface area contributed by atoms with Gasteiger partial charge in [-0.2, -0.15) is 4.31 Å². The molecule has 0 heterocycles. The van der Waals surface area contributed by atoms with E-state index in [-0.39, 0.29) is 42.3 Å². The highest BCUT2D eigenvalue weighted by molar-refractivity contribution is 7.89. The number of anilines is 1. The normalized spacial score (nSPS) is 11.3. The highest BCUT2D eigenvalue weighted by atomic mass is 32.2. The molecule has 2 aromatic rings. The molecule has 162 valence electrons. The molecule has 0 saturated heterocycles. The number of hydrogen-bond donors (Lipinski definition) is 2. The molecule has 0 atom stereocenters. The molecular formula is C19H23FN4O5S. The van der Waals surface area contributed by atoms with Crippen molar-refractivity contribution in [2.45, 2.75) is 18.7 Å². The van der Waals surface area contributed by atoms with Crippen LogP contribution in [0.15, 0.2) is 47.4 Å². The molecule has 0 aliphatic carbocycles. The number of nitro groups is 1. The van der Waals surface area contributed by atoms with Crippen LogP contribution >= 0.6 is 0 Å². The van der Waals surface area contributed by atoms with Crippen molar-refractivity contribution in [1.29, 1.82) is 0 Å². The van der Waals surface area contributed by atoms with Gasteiger partial charge in [0.05, 0.1) is 15.4 Å². The number of benzene rings is 2. The smallest absolute Gasteiger partial charge is 0.269 e. The van der Waals surface area contributed by atoms with E-state index in [0.29, 0.717) is 5.69 Å². The van der Waals surface area contributed by atoms with Gasteiger partial charge >= 0.3 is 0 Å². The quantitative estimate of drug-likeness (QED) is 0.334. The van der Waals surface area contributed by atoms with Gasteiger partial charge in [-0.05, 0) is 30.3 Å². The Balaban J connectivity index is 2.00. The number of halogens is 1. The van der Waals surface area contributed by atoms with Crippen molar-refractivity contribution in [1.82, 2.24) is 9.62 Å². The van der Waals surface area contributed by atoms with Gasteiger partial charge in [0.1, 0.15) is 5.82 Å². The van der Waals surface area contributed by atoms with Crippen molar-refractivity contribution < 1.29 is 22.5 Å². The third-order valence-corrected chi connectivity index (χ3v) is 6.39. The number of rotatable bonds is 10. The number of carbonyl (C=O) groups excluding carboxylic acids is 1. The molecular weight excluding hydrogens is 415 g/mol. The molecule has 0 aliphatic heterocycles. The molecule has 2 N–H and O–H groups in total. The summed E-state index contributed by atoms with van der Waals surface area (Å²) >= 11 is 0. The summed E-state index contributed by atoms with van der Waals surface area (Å²) < 4.78 is 40.5. The maximum absolute atomic E-state index is 14.1. The summed E-state index contributed by atoms with van der Waals surface area (Å²) in [6.45, 7) is 4.30. The van der Waals surface area contributed by atoms with Crippen LogP contribution in [0.1, 0.15) is 24.2 Å². The summed E-state index contributed by atoms with van der Waals surface area (Å²) in [6.07, 6.45) is 0. The Kier molecular flexibility index (Phi) is 7.84. The van der Waals surface area contributed by atoms with Gasteiger partial charge in [0.15, 0.2) is 0 Å².